The van der Waals surface area contributed by atoms with Gasteiger partial charge in [0.05, 0.1) is 60.6 Å². The highest BCUT2D eigenvalue weighted by atomic mass is 19.1. The normalized spacial score (nSPS) is 20.0. The zero-order chi connectivity index (χ0) is 47.3. The third-order valence-corrected chi connectivity index (χ3v) is 14.2. The fourth-order valence-electron chi connectivity index (χ4n) is 10.7. The largest absolute Gasteiger partial charge is 0.481 e. The second-order valence-corrected chi connectivity index (χ2v) is 18.2. The van der Waals surface area contributed by atoms with Crippen LogP contribution in [0.2, 0.25) is 0 Å². The fourth-order valence-corrected chi connectivity index (χ4v) is 10.7. The summed E-state index contributed by atoms with van der Waals surface area (Å²) in [5.41, 5.74) is 10.2. The maximum absolute atomic E-state index is 15.6. The van der Waals surface area contributed by atoms with Gasteiger partial charge in [0.2, 0.25) is 5.88 Å². The van der Waals surface area contributed by atoms with Gasteiger partial charge in [-0.05, 0) is 117 Å². The number of imidazole rings is 1. The number of nitrogens with one attached hydrogen (secondary N) is 2. The number of methoxy groups -OCH3 is 2. The third-order valence-electron chi connectivity index (χ3n) is 14.2. The molecule has 0 bridgehead atoms. The van der Waals surface area contributed by atoms with E-state index >= 15 is 9.18 Å². The van der Waals surface area contributed by atoms with E-state index in [4.69, 9.17) is 19.4 Å². The Balaban J connectivity index is 1.04. The molecular weight excluding hydrogens is 870 g/mol. The van der Waals surface area contributed by atoms with Gasteiger partial charge in [0, 0.05) is 66.1 Å². The van der Waals surface area contributed by atoms with Crippen molar-refractivity contribution >= 4 is 33.8 Å². The highest BCUT2D eigenvalue weighted by Crippen LogP contribution is 2.55. The molecule has 1 unspecified atom stereocenters. The number of benzene rings is 3. The van der Waals surface area contributed by atoms with Gasteiger partial charge in [-0.1, -0.05) is 13.0 Å². The topological polar surface area (TPSA) is 170 Å². The summed E-state index contributed by atoms with van der Waals surface area (Å²) in [6, 6.07) is 18.6. The Morgan fingerprint density at radius 2 is 1.71 bits per heavy atom. The van der Waals surface area contributed by atoms with E-state index in [-0.39, 0.29) is 23.3 Å². The predicted octanol–water partition coefficient (Wildman–Crippen LogP) is 6.96. The molecule has 4 atom stereocenters. The molecule has 1 aliphatic carbocycles. The number of nitrogens with zero attached hydrogens (tertiary/aromatic N) is 9. The Hall–Kier alpha value is -7.57. The van der Waals surface area contributed by atoms with Crippen LogP contribution in [0.5, 0.6) is 5.88 Å². The van der Waals surface area contributed by atoms with Crippen LogP contribution in [0.4, 0.5) is 9.18 Å². The molecule has 11 rings (SSSR count). The summed E-state index contributed by atoms with van der Waals surface area (Å²) in [5, 5.41) is 14.3. The molecule has 3 aliphatic rings. The monoisotopic (exact) mass is 919 g/mol. The molecule has 0 radical (unpaired) electrons. The number of halogens is 1. The molecule has 5 aromatic heterocycles. The Bertz CT molecular complexity index is 3410. The van der Waals surface area contributed by atoms with Crippen LogP contribution in [0.25, 0.3) is 50.1 Å². The van der Waals surface area contributed by atoms with Crippen molar-refractivity contribution in [1.82, 2.24) is 53.9 Å². The van der Waals surface area contributed by atoms with E-state index in [0.717, 1.165) is 44.2 Å². The van der Waals surface area contributed by atoms with Gasteiger partial charge in [0.25, 0.3) is 5.91 Å². The smallest absolute Gasteiger partial charge is 0.427 e. The van der Waals surface area contributed by atoms with E-state index < -0.39 is 23.8 Å². The Morgan fingerprint density at radius 1 is 0.941 bits per heavy atom. The van der Waals surface area contributed by atoms with Crippen molar-refractivity contribution in [3.63, 3.8) is 0 Å². The molecule has 2 aliphatic heterocycles. The van der Waals surface area contributed by atoms with Crippen LogP contribution in [0.1, 0.15) is 64.7 Å². The van der Waals surface area contributed by atoms with E-state index in [1.54, 1.807) is 78.8 Å². The van der Waals surface area contributed by atoms with Gasteiger partial charge in [0.1, 0.15) is 23.5 Å². The highest BCUT2D eigenvalue weighted by Gasteiger charge is 2.62. The summed E-state index contributed by atoms with van der Waals surface area (Å²) < 4.78 is 34.8. The summed E-state index contributed by atoms with van der Waals surface area (Å²) >= 11 is 0. The Morgan fingerprint density at radius 3 is 2.43 bits per heavy atom. The maximum atomic E-state index is 15.6. The SMILES string of the molecule is COCCn1ncc2cc(-n3ccn(-c4c5c(nn4-c4cc(C)c(F)c(C)c4)CCN(C(=O)c4cc6cc(-c7ccnc(OC)c7C)ccc6n4[C@@]4(C6NOC(=O)N6)C[C@@H]4C)[C@H]5C)c3=O)ccc21. The number of fused-ring (bicyclic) bond motifs is 3. The first-order valence-corrected chi connectivity index (χ1v) is 22.7. The number of hydroxylamine groups is 1. The zero-order valence-corrected chi connectivity index (χ0v) is 38.7. The van der Waals surface area contributed by atoms with Crippen LogP contribution in [-0.2, 0) is 28.1 Å². The summed E-state index contributed by atoms with van der Waals surface area (Å²) in [4.78, 5) is 54.4. The molecule has 17 nitrogen and oxygen atoms in total. The molecular formula is C50H50FN11O6. The average Bonchev–Trinajstić information content (AvgIpc) is 3.98. The number of amides is 2. The quantitative estimate of drug-likeness (QED) is 0.138. The molecule has 68 heavy (non-hydrogen) atoms. The Kier molecular flexibility index (Phi) is 10.2. The minimum Gasteiger partial charge on any atom is -0.481 e. The number of hydrogen-bond acceptors (Lipinski definition) is 10. The lowest BCUT2D eigenvalue weighted by molar-refractivity contribution is 0.0653. The van der Waals surface area contributed by atoms with Crippen LogP contribution in [0.3, 0.4) is 0 Å². The molecule has 2 fully saturated rings. The van der Waals surface area contributed by atoms with Gasteiger partial charge < -0.3 is 23.8 Å². The van der Waals surface area contributed by atoms with Gasteiger partial charge in [-0.2, -0.15) is 10.2 Å². The molecule has 7 heterocycles. The second kappa shape index (κ2) is 16.1. The van der Waals surface area contributed by atoms with E-state index in [9.17, 15) is 9.59 Å². The first-order chi connectivity index (χ1) is 32.8. The van der Waals surface area contributed by atoms with Crippen molar-refractivity contribution in [2.45, 2.75) is 71.8 Å². The number of carbonyl (C=O) groups is 2. The molecule has 18 heteroatoms. The summed E-state index contributed by atoms with van der Waals surface area (Å²) in [6.45, 7) is 10.8. The van der Waals surface area contributed by atoms with Crippen molar-refractivity contribution in [3.05, 3.63) is 135 Å². The first-order valence-electron chi connectivity index (χ1n) is 22.7. The van der Waals surface area contributed by atoms with Crippen LogP contribution >= 0.6 is 0 Å². The zero-order valence-electron chi connectivity index (χ0n) is 38.7. The molecule has 0 spiro atoms. The van der Waals surface area contributed by atoms with Crippen LogP contribution in [0.15, 0.2) is 90.2 Å². The minimum absolute atomic E-state index is 0.0526. The number of aryl methyl sites for hydroxylation is 2. The lowest BCUT2D eigenvalue weighted by Gasteiger charge is -2.35. The van der Waals surface area contributed by atoms with Crippen molar-refractivity contribution in [2.24, 2.45) is 5.92 Å². The lowest BCUT2D eigenvalue weighted by Crippen LogP contribution is -2.49. The fraction of sp³-hybridized carbons (Fsp3) is 0.320. The molecule has 2 amide bonds. The second-order valence-electron chi connectivity index (χ2n) is 18.2. The van der Waals surface area contributed by atoms with Crippen LogP contribution < -0.4 is 21.2 Å². The number of rotatable bonds is 11. The summed E-state index contributed by atoms with van der Waals surface area (Å²) in [5.74, 6) is 0.475. The van der Waals surface area contributed by atoms with Gasteiger partial charge in [-0.3, -0.25) is 23.9 Å². The number of hydrogen-bond donors (Lipinski definition) is 2. The predicted molar refractivity (Wildman–Crippen MR) is 251 cm³/mol. The van der Waals surface area contributed by atoms with E-state index in [0.29, 0.717) is 78.0 Å². The van der Waals surface area contributed by atoms with E-state index in [1.807, 2.05) is 65.9 Å². The van der Waals surface area contributed by atoms with E-state index in [1.165, 1.54) is 0 Å². The standard InChI is InChI=1S/C50H50FN11O6/c1-27-20-36(21-28(2)43(27)51)62-45(59-17-16-58(49(59)65)35-9-11-39-34(23-35)26-53-60(39)18-19-66-6)42-31(5)57(15-13-38(42)55-62)46(63)41-24-33-22-32(37-12-14-52-44(67-7)30(37)4)8-10-40(33)61(41)50(25-29(50)3)47-54-48(64)68-56-47/h8-12,14,16-17,20-24,26,29,31,47,56H,13,15,18-19,25H2,1-7H3,(H,54,64)/t29-,31-,47?,50-/m0/s1. The Labute approximate surface area is 389 Å². The van der Waals surface area contributed by atoms with Gasteiger partial charge in [0.15, 0.2) is 0 Å². The maximum Gasteiger partial charge on any atom is 0.427 e. The van der Waals surface area contributed by atoms with Crippen molar-refractivity contribution in [1.29, 1.82) is 0 Å². The molecule has 348 valence electrons. The van der Waals surface area contributed by atoms with Gasteiger partial charge in [-0.15, -0.1) is 5.48 Å². The molecule has 1 saturated carbocycles. The first kappa shape index (κ1) is 43.0. The summed E-state index contributed by atoms with van der Waals surface area (Å²) in [6.07, 6.45) is 6.75. The van der Waals surface area contributed by atoms with Crippen molar-refractivity contribution in [2.75, 3.05) is 27.4 Å². The minimum atomic E-state index is -0.739. The lowest BCUT2D eigenvalue weighted by atomic mass is 9.98. The average molecular weight is 920 g/mol. The van der Waals surface area contributed by atoms with Crippen molar-refractivity contribution < 1.29 is 28.3 Å². The van der Waals surface area contributed by atoms with Crippen molar-refractivity contribution in [3.8, 4) is 34.2 Å². The van der Waals surface area contributed by atoms with Gasteiger partial charge in [-0.25, -0.2) is 23.6 Å². The summed E-state index contributed by atoms with van der Waals surface area (Å²) in [7, 11) is 3.24. The van der Waals surface area contributed by atoms with Crippen LogP contribution in [0, 0.1) is 32.5 Å². The molecule has 3 aromatic carbocycles. The highest BCUT2D eigenvalue weighted by molar-refractivity contribution is 6.01. The molecule has 2 N–H and O–H groups in total. The number of ether oxygens (including phenoxy) is 2. The molecule has 1 saturated heterocycles. The van der Waals surface area contributed by atoms with Gasteiger partial charge >= 0.3 is 11.8 Å². The number of aromatic nitrogens is 8. The number of pyridine rings is 1. The van der Waals surface area contributed by atoms with E-state index in [2.05, 4.69) is 38.4 Å². The molecule has 8 aromatic rings. The van der Waals surface area contributed by atoms with Crippen LogP contribution in [-0.4, -0.2) is 88.7 Å². The number of carbonyl (C=O) groups excluding carboxylic acids is 2. The third kappa shape index (κ3) is 6.56.